The Morgan fingerprint density at radius 3 is 2.76 bits per heavy atom. The van der Waals surface area contributed by atoms with Gasteiger partial charge in [-0.3, -0.25) is 4.79 Å². The lowest BCUT2D eigenvalue weighted by atomic mass is 9.95. The SMILES string of the molecule is CCOc1cccc(CCNC(=NCC(=O)N(C)C)NC2CC3CCC2C3)c1.I. The van der Waals surface area contributed by atoms with Crippen LogP contribution in [0.2, 0.25) is 0 Å². The molecule has 0 aliphatic heterocycles. The fourth-order valence-electron chi connectivity index (χ4n) is 4.32. The number of carbonyl (C=O) groups excluding carboxylic acids is 1. The van der Waals surface area contributed by atoms with E-state index in [0.717, 1.165) is 36.5 Å². The van der Waals surface area contributed by atoms with E-state index in [0.29, 0.717) is 12.6 Å². The predicted octanol–water partition coefficient (Wildman–Crippen LogP) is 3.06. The Bertz CT molecular complexity index is 695. The summed E-state index contributed by atoms with van der Waals surface area (Å²) >= 11 is 0. The van der Waals surface area contributed by atoms with Crippen molar-refractivity contribution < 1.29 is 9.53 Å². The van der Waals surface area contributed by atoms with Crippen LogP contribution in [0.5, 0.6) is 5.75 Å². The molecule has 2 bridgehead atoms. The number of benzene rings is 1. The molecule has 2 N–H and O–H groups in total. The van der Waals surface area contributed by atoms with Crippen LogP contribution in [-0.4, -0.2) is 56.6 Å². The number of guanidine groups is 1. The smallest absolute Gasteiger partial charge is 0.243 e. The van der Waals surface area contributed by atoms with Crippen molar-refractivity contribution in [2.45, 2.75) is 45.1 Å². The molecule has 2 aliphatic carbocycles. The summed E-state index contributed by atoms with van der Waals surface area (Å²) in [5, 5.41) is 7.03. The first-order valence-electron chi connectivity index (χ1n) is 10.5. The highest BCUT2D eigenvalue weighted by Crippen LogP contribution is 2.44. The Morgan fingerprint density at radius 2 is 2.10 bits per heavy atom. The van der Waals surface area contributed by atoms with Gasteiger partial charge in [0.1, 0.15) is 12.3 Å². The summed E-state index contributed by atoms with van der Waals surface area (Å²) in [6, 6.07) is 8.69. The van der Waals surface area contributed by atoms with Gasteiger partial charge in [-0.2, -0.15) is 0 Å². The first kappa shape index (κ1) is 23.8. The normalized spacial score (nSPS) is 22.7. The second-order valence-electron chi connectivity index (χ2n) is 8.14. The van der Waals surface area contributed by atoms with Gasteiger partial charge in [0.05, 0.1) is 6.61 Å². The van der Waals surface area contributed by atoms with E-state index in [4.69, 9.17) is 4.74 Å². The van der Waals surface area contributed by atoms with Gasteiger partial charge in [-0.05, 0) is 62.1 Å². The molecule has 3 atom stereocenters. The summed E-state index contributed by atoms with van der Waals surface area (Å²) < 4.78 is 5.58. The number of amides is 1. The first-order valence-corrected chi connectivity index (χ1v) is 10.5. The van der Waals surface area contributed by atoms with E-state index >= 15 is 0 Å². The first-order chi connectivity index (χ1) is 13.5. The summed E-state index contributed by atoms with van der Waals surface area (Å²) in [6.45, 7) is 3.60. The Hall–Kier alpha value is -1.51. The second-order valence-corrected chi connectivity index (χ2v) is 8.14. The molecule has 1 amide bonds. The zero-order valence-corrected chi connectivity index (χ0v) is 20.1. The van der Waals surface area contributed by atoms with Crippen LogP contribution < -0.4 is 15.4 Å². The molecule has 0 saturated heterocycles. The Morgan fingerprint density at radius 1 is 1.28 bits per heavy atom. The highest BCUT2D eigenvalue weighted by Gasteiger charge is 2.39. The number of fused-ring (bicyclic) bond motifs is 2. The largest absolute Gasteiger partial charge is 0.494 e. The fraction of sp³-hybridized carbons (Fsp3) is 0.636. The molecule has 7 heteroatoms. The number of hydrogen-bond donors (Lipinski definition) is 2. The van der Waals surface area contributed by atoms with Crippen molar-refractivity contribution in [3.05, 3.63) is 29.8 Å². The van der Waals surface area contributed by atoms with Gasteiger partial charge in [0, 0.05) is 26.7 Å². The van der Waals surface area contributed by atoms with E-state index < -0.39 is 0 Å². The lowest BCUT2D eigenvalue weighted by Gasteiger charge is -2.25. The molecule has 3 rings (SSSR count). The van der Waals surface area contributed by atoms with Gasteiger partial charge in [0.15, 0.2) is 5.96 Å². The van der Waals surface area contributed by atoms with Gasteiger partial charge in [-0.25, -0.2) is 4.99 Å². The van der Waals surface area contributed by atoms with Crippen molar-refractivity contribution in [1.82, 2.24) is 15.5 Å². The quantitative estimate of drug-likeness (QED) is 0.318. The lowest BCUT2D eigenvalue weighted by Crippen LogP contribution is -2.46. The number of hydrogen-bond acceptors (Lipinski definition) is 3. The second kappa shape index (κ2) is 11.6. The molecule has 1 aromatic carbocycles. The number of nitrogens with one attached hydrogen (secondary N) is 2. The van der Waals surface area contributed by atoms with Crippen LogP contribution in [0.15, 0.2) is 29.3 Å². The van der Waals surface area contributed by atoms with Crippen molar-refractivity contribution in [2.75, 3.05) is 33.8 Å². The van der Waals surface area contributed by atoms with E-state index in [1.165, 1.54) is 31.2 Å². The fourth-order valence-corrected chi connectivity index (χ4v) is 4.32. The third-order valence-electron chi connectivity index (χ3n) is 5.85. The van der Waals surface area contributed by atoms with Crippen LogP contribution in [0.3, 0.4) is 0 Å². The summed E-state index contributed by atoms with van der Waals surface area (Å²) in [6.07, 6.45) is 6.13. The minimum Gasteiger partial charge on any atom is -0.494 e. The van der Waals surface area contributed by atoms with Crippen molar-refractivity contribution in [3.63, 3.8) is 0 Å². The lowest BCUT2D eigenvalue weighted by molar-refractivity contribution is -0.127. The van der Waals surface area contributed by atoms with Gasteiger partial charge in [-0.1, -0.05) is 18.6 Å². The molecule has 0 heterocycles. The summed E-state index contributed by atoms with van der Waals surface area (Å²) in [4.78, 5) is 18.1. The molecule has 162 valence electrons. The van der Waals surface area contributed by atoms with Crippen LogP contribution >= 0.6 is 24.0 Å². The zero-order valence-electron chi connectivity index (χ0n) is 17.8. The summed E-state index contributed by atoms with van der Waals surface area (Å²) in [5.74, 6) is 3.30. The molecular weight excluding hydrogens is 479 g/mol. The molecule has 2 aliphatic rings. The molecule has 3 unspecified atom stereocenters. The van der Waals surface area contributed by atoms with E-state index in [-0.39, 0.29) is 36.4 Å². The Balaban J connectivity index is 0.00000300. The van der Waals surface area contributed by atoms with Crippen molar-refractivity contribution >= 4 is 35.8 Å². The maximum Gasteiger partial charge on any atom is 0.243 e. The van der Waals surface area contributed by atoms with Crippen molar-refractivity contribution in [3.8, 4) is 5.75 Å². The predicted molar refractivity (Wildman–Crippen MR) is 128 cm³/mol. The average Bonchev–Trinajstić information content (AvgIpc) is 3.29. The molecule has 6 nitrogen and oxygen atoms in total. The van der Waals surface area contributed by atoms with Crippen molar-refractivity contribution in [1.29, 1.82) is 0 Å². The number of nitrogens with zero attached hydrogens (tertiary/aromatic N) is 2. The number of ether oxygens (including phenoxy) is 1. The molecule has 0 radical (unpaired) electrons. The minimum absolute atomic E-state index is 0. The van der Waals surface area contributed by atoms with Crippen molar-refractivity contribution in [2.24, 2.45) is 16.8 Å². The van der Waals surface area contributed by atoms with Gasteiger partial charge >= 0.3 is 0 Å². The molecule has 1 aromatic rings. The molecule has 29 heavy (non-hydrogen) atoms. The topological polar surface area (TPSA) is 66.0 Å². The Kier molecular flexibility index (Phi) is 9.52. The summed E-state index contributed by atoms with van der Waals surface area (Å²) in [5.41, 5.74) is 1.22. The van der Waals surface area contributed by atoms with E-state index in [1.54, 1.807) is 19.0 Å². The Labute approximate surface area is 191 Å². The average molecular weight is 514 g/mol. The van der Waals surface area contributed by atoms with Crippen LogP contribution in [0.1, 0.15) is 38.2 Å². The standard InChI is InChI=1S/C22H34N4O2.HI/c1-4-28-19-7-5-6-16(13-19)10-11-23-22(24-15-21(27)26(2)3)25-20-14-17-8-9-18(20)12-17;/h5-7,13,17-18,20H,4,8-12,14-15H2,1-3H3,(H2,23,24,25);1H. The molecule has 2 saturated carbocycles. The molecule has 2 fully saturated rings. The maximum absolute atomic E-state index is 12.0. The van der Waals surface area contributed by atoms with E-state index in [2.05, 4.69) is 27.8 Å². The van der Waals surface area contributed by atoms with Crippen LogP contribution in [0.4, 0.5) is 0 Å². The minimum atomic E-state index is 0. The highest BCUT2D eigenvalue weighted by atomic mass is 127. The number of aliphatic imine (C=N–C) groups is 1. The zero-order chi connectivity index (χ0) is 19.9. The van der Waals surface area contributed by atoms with Gasteiger partial charge in [0.25, 0.3) is 0 Å². The number of halogens is 1. The van der Waals surface area contributed by atoms with Crippen LogP contribution in [0.25, 0.3) is 0 Å². The molecular formula is C22H35IN4O2. The van der Waals surface area contributed by atoms with Gasteiger partial charge in [-0.15, -0.1) is 24.0 Å². The molecule has 0 aromatic heterocycles. The number of carbonyl (C=O) groups is 1. The van der Waals surface area contributed by atoms with E-state index in [1.807, 2.05) is 19.1 Å². The van der Waals surface area contributed by atoms with Crippen LogP contribution in [-0.2, 0) is 11.2 Å². The number of rotatable bonds is 8. The molecule has 0 spiro atoms. The summed E-state index contributed by atoms with van der Waals surface area (Å²) in [7, 11) is 3.53. The van der Waals surface area contributed by atoms with Gasteiger partial charge < -0.3 is 20.3 Å². The highest BCUT2D eigenvalue weighted by molar-refractivity contribution is 14.0. The van der Waals surface area contributed by atoms with Crippen LogP contribution in [0, 0.1) is 11.8 Å². The third kappa shape index (κ3) is 7.04. The monoisotopic (exact) mass is 514 g/mol. The van der Waals surface area contributed by atoms with E-state index in [9.17, 15) is 4.79 Å². The maximum atomic E-state index is 12.0. The third-order valence-corrected chi connectivity index (χ3v) is 5.85. The van der Waals surface area contributed by atoms with Gasteiger partial charge in [0.2, 0.25) is 5.91 Å². The number of likely N-dealkylation sites (N-methyl/N-ethyl adjacent to an activating group) is 1.